The highest BCUT2D eigenvalue weighted by Gasteiger charge is 2.14. The maximum Gasteiger partial charge on any atom is 0.344 e. The molecule has 0 amide bonds. The number of esters is 1. The third kappa shape index (κ3) is 2.50. The summed E-state index contributed by atoms with van der Waals surface area (Å²) in [6, 6.07) is 9.04. The van der Waals surface area contributed by atoms with Crippen LogP contribution in [-0.2, 0) is 0 Å². The van der Waals surface area contributed by atoms with Gasteiger partial charge in [0, 0.05) is 12.4 Å². The second-order valence-corrected chi connectivity index (χ2v) is 3.85. The monoisotopic (exact) mass is 227 g/mol. The summed E-state index contributed by atoms with van der Waals surface area (Å²) in [6.07, 6.45) is 3.32. The number of carbonyl (C=O) groups excluding carboxylic acids is 1. The van der Waals surface area contributed by atoms with E-state index in [0.29, 0.717) is 11.3 Å². The number of para-hydroxylation sites is 1. The standard InChI is InChI=1S/C14H13NO2/c1-10-8-15-9-11(2)13(10)14(16)17-12-6-4-3-5-7-12/h3-9H,1-2H3. The van der Waals surface area contributed by atoms with Gasteiger partial charge >= 0.3 is 5.97 Å². The van der Waals surface area contributed by atoms with E-state index in [0.717, 1.165) is 11.1 Å². The van der Waals surface area contributed by atoms with E-state index in [1.165, 1.54) is 0 Å². The van der Waals surface area contributed by atoms with Crippen molar-refractivity contribution in [2.24, 2.45) is 0 Å². The SMILES string of the molecule is Cc1cncc(C)c1C(=O)Oc1ccccc1. The van der Waals surface area contributed by atoms with Gasteiger partial charge in [0.25, 0.3) is 0 Å². The second-order valence-electron chi connectivity index (χ2n) is 3.85. The van der Waals surface area contributed by atoms with Crippen molar-refractivity contribution in [1.82, 2.24) is 4.98 Å². The molecule has 1 aromatic heterocycles. The van der Waals surface area contributed by atoms with Crippen molar-refractivity contribution in [2.45, 2.75) is 13.8 Å². The van der Waals surface area contributed by atoms with Crippen LogP contribution in [0.1, 0.15) is 21.5 Å². The molecule has 0 bridgehead atoms. The quantitative estimate of drug-likeness (QED) is 0.585. The number of ether oxygens (including phenoxy) is 1. The lowest BCUT2D eigenvalue weighted by molar-refractivity contribution is 0.0733. The van der Waals surface area contributed by atoms with Gasteiger partial charge in [-0.3, -0.25) is 4.98 Å². The van der Waals surface area contributed by atoms with Crippen molar-refractivity contribution in [2.75, 3.05) is 0 Å². The van der Waals surface area contributed by atoms with Crippen LogP contribution in [0.25, 0.3) is 0 Å². The minimum absolute atomic E-state index is 0.339. The molecule has 0 unspecified atom stereocenters. The van der Waals surface area contributed by atoms with Gasteiger partial charge in [-0.1, -0.05) is 18.2 Å². The van der Waals surface area contributed by atoms with E-state index in [2.05, 4.69) is 4.98 Å². The molecular weight excluding hydrogens is 214 g/mol. The molecule has 17 heavy (non-hydrogen) atoms. The van der Waals surface area contributed by atoms with E-state index in [9.17, 15) is 4.79 Å². The summed E-state index contributed by atoms with van der Waals surface area (Å²) >= 11 is 0. The number of carbonyl (C=O) groups is 1. The first-order chi connectivity index (χ1) is 8.18. The van der Waals surface area contributed by atoms with Gasteiger partial charge in [0.05, 0.1) is 5.56 Å². The number of pyridine rings is 1. The molecule has 0 saturated carbocycles. The molecule has 1 aromatic carbocycles. The zero-order valence-corrected chi connectivity index (χ0v) is 9.81. The number of hydrogen-bond acceptors (Lipinski definition) is 3. The molecule has 0 atom stereocenters. The van der Waals surface area contributed by atoms with Gasteiger partial charge in [0.2, 0.25) is 0 Å². The van der Waals surface area contributed by atoms with Crippen molar-refractivity contribution in [3.05, 3.63) is 59.4 Å². The van der Waals surface area contributed by atoms with Crippen LogP contribution in [0, 0.1) is 13.8 Å². The van der Waals surface area contributed by atoms with E-state index < -0.39 is 0 Å². The fourth-order valence-electron chi connectivity index (χ4n) is 1.67. The molecule has 2 aromatic rings. The Morgan fingerprint density at radius 3 is 2.24 bits per heavy atom. The van der Waals surface area contributed by atoms with Crippen LogP contribution in [0.3, 0.4) is 0 Å². The third-order valence-electron chi connectivity index (χ3n) is 2.48. The Hall–Kier alpha value is -2.16. The van der Waals surface area contributed by atoms with Gasteiger partial charge in [-0.05, 0) is 37.1 Å². The zero-order valence-electron chi connectivity index (χ0n) is 9.81. The molecule has 3 heteroatoms. The van der Waals surface area contributed by atoms with Gasteiger partial charge in [0.15, 0.2) is 0 Å². The molecule has 0 radical (unpaired) electrons. The summed E-state index contributed by atoms with van der Waals surface area (Å²) in [7, 11) is 0. The third-order valence-corrected chi connectivity index (χ3v) is 2.48. The largest absolute Gasteiger partial charge is 0.423 e. The molecular formula is C14H13NO2. The summed E-state index contributed by atoms with van der Waals surface area (Å²) < 4.78 is 5.30. The smallest absolute Gasteiger partial charge is 0.344 e. The van der Waals surface area contributed by atoms with E-state index in [4.69, 9.17) is 4.74 Å². The van der Waals surface area contributed by atoms with Crippen LogP contribution >= 0.6 is 0 Å². The number of nitrogens with zero attached hydrogens (tertiary/aromatic N) is 1. The van der Waals surface area contributed by atoms with Crippen LogP contribution in [0.2, 0.25) is 0 Å². The Morgan fingerprint density at radius 2 is 1.65 bits per heavy atom. The van der Waals surface area contributed by atoms with Crippen molar-refractivity contribution in [3.8, 4) is 5.75 Å². The lowest BCUT2D eigenvalue weighted by Gasteiger charge is -2.08. The maximum atomic E-state index is 12.0. The molecule has 2 rings (SSSR count). The Balaban J connectivity index is 2.27. The second kappa shape index (κ2) is 4.78. The molecule has 0 N–H and O–H groups in total. The predicted molar refractivity (Wildman–Crippen MR) is 65.1 cm³/mol. The highest BCUT2D eigenvalue weighted by atomic mass is 16.5. The number of hydrogen-bond donors (Lipinski definition) is 0. The van der Waals surface area contributed by atoms with Crippen LogP contribution in [0.5, 0.6) is 5.75 Å². The fourth-order valence-corrected chi connectivity index (χ4v) is 1.67. The molecule has 3 nitrogen and oxygen atoms in total. The Labute approximate surface area is 100 Å². The molecule has 86 valence electrons. The van der Waals surface area contributed by atoms with Crippen LogP contribution in [0.15, 0.2) is 42.7 Å². The van der Waals surface area contributed by atoms with Crippen LogP contribution in [-0.4, -0.2) is 11.0 Å². The average molecular weight is 227 g/mol. The summed E-state index contributed by atoms with van der Waals surface area (Å²) in [4.78, 5) is 16.0. The van der Waals surface area contributed by atoms with Crippen molar-refractivity contribution < 1.29 is 9.53 Å². The molecule has 1 heterocycles. The number of rotatable bonds is 2. The van der Waals surface area contributed by atoms with Crippen LogP contribution < -0.4 is 4.74 Å². The van der Waals surface area contributed by atoms with Gasteiger partial charge in [0.1, 0.15) is 5.75 Å². The number of aromatic nitrogens is 1. The topological polar surface area (TPSA) is 39.2 Å². The highest BCUT2D eigenvalue weighted by molar-refractivity contribution is 5.93. The molecule has 0 fully saturated rings. The Kier molecular flexibility index (Phi) is 3.19. The van der Waals surface area contributed by atoms with Gasteiger partial charge < -0.3 is 4.74 Å². The minimum atomic E-state index is -0.339. The van der Waals surface area contributed by atoms with E-state index in [-0.39, 0.29) is 5.97 Å². The van der Waals surface area contributed by atoms with E-state index in [1.807, 2.05) is 32.0 Å². The van der Waals surface area contributed by atoms with E-state index in [1.54, 1.807) is 24.5 Å². The maximum absolute atomic E-state index is 12.0. The summed E-state index contributed by atoms with van der Waals surface area (Å²) in [5, 5.41) is 0. The van der Waals surface area contributed by atoms with Gasteiger partial charge in [-0.25, -0.2) is 4.79 Å². The summed E-state index contributed by atoms with van der Waals surface area (Å²) in [6.45, 7) is 3.70. The number of aryl methyl sites for hydroxylation is 2. The first kappa shape index (κ1) is 11.3. The molecule has 0 aliphatic rings. The lowest BCUT2D eigenvalue weighted by atomic mass is 10.1. The normalized spacial score (nSPS) is 10.0. The Bertz CT molecular complexity index is 515. The van der Waals surface area contributed by atoms with Crippen molar-refractivity contribution in [3.63, 3.8) is 0 Å². The van der Waals surface area contributed by atoms with Crippen molar-refractivity contribution >= 4 is 5.97 Å². The van der Waals surface area contributed by atoms with E-state index >= 15 is 0 Å². The van der Waals surface area contributed by atoms with Gasteiger partial charge in [-0.15, -0.1) is 0 Å². The minimum Gasteiger partial charge on any atom is -0.423 e. The fraction of sp³-hybridized carbons (Fsp3) is 0.143. The highest BCUT2D eigenvalue weighted by Crippen LogP contribution is 2.16. The van der Waals surface area contributed by atoms with Crippen LogP contribution in [0.4, 0.5) is 0 Å². The molecule has 0 aliphatic carbocycles. The number of benzene rings is 1. The Morgan fingerprint density at radius 1 is 1.06 bits per heavy atom. The molecule has 0 spiro atoms. The van der Waals surface area contributed by atoms with Crippen molar-refractivity contribution in [1.29, 1.82) is 0 Å². The summed E-state index contributed by atoms with van der Waals surface area (Å²) in [5.74, 6) is 0.210. The van der Waals surface area contributed by atoms with Gasteiger partial charge in [-0.2, -0.15) is 0 Å². The first-order valence-electron chi connectivity index (χ1n) is 5.37. The average Bonchev–Trinajstić information content (AvgIpc) is 2.30. The zero-order chi connectivity index (χ0) is 12.3. The molecule has 0 aliphatic heterocycles. The first-order valence-corrected chi connectivity index (χ1v) is 5.37. The molecule has 0 saturated heterocycles. The lowest BCUT2D eigenvalue weighted by Crippen LogP contribution is -2.12. The predicted octanol–water partition coefficient (Wildman–Crippen LogP) is 2.92. The summed E-state index contributed by atoms with van der Waals surface area (Å²) in [5.41, 5.74) is 2.24.